The fraction of sp³-hybridized carbons (Fsp3) is 0.222. The molecule has 0 fully saturated rings. The number of nitrogens with one attached hydrogen (secondary N) is 1. The number of hydrogen-bond acceptors (Lipinski definition) is 4. The van der Waals surface area contributed by atoms with Crippen molar-refractivity contribution in [1.82, 2.24) is 14.6 Å². The largest absolute Gasteiger partial charge is 0.481 e. The van der Waals surface area contributed by atoms with Crippen LogP contribution in [-0.2, 0) is 11.2 Å². The maximum Gasteiger partial charge on any atom is 0.309 e. The highest BCUT2D eigenvalue weighted by molar-refractivity contribution is 5.70. The van der Waals surface area contributed by atoms with Gasteiger partial charge in [0.15, 0.2) is 5.65 Å². The van der Waals surface area contributed by atoms with Gasteiger partial charge < -0.3 is 10.4 Å². The quantitative estimate of drug-likeness (QED) is 0.759. The molecule has 0 bridgehead atoms. The molecule has 0 aliphatic carbocycles. The first-order chi connectivity index (χ1) is 7.20. The summed E-state index contributed by atoms with van der Waals surface area (Å²) < 4.78 is 1.53. The molecule has 0 atom stereocenters. The van der Waals surface area contributed by atoms with E-state index in [2.05, 4.69) is 15.4 Å². The van der Waals surface area contributed by atoms with Crippen LogP contribution in [0.2, 0.25) is 0 Å². The molecule has 0 aliphatic rings. The molecular formula is C9H10N4O2. The molecule has 78 valence electrons. The van der Waals surface area contributed by atoms with Crippen LogP contribution in [0.1, 0.15) is 5.69 Å². The number of anilines is 1. The molecule has 0 aliphatic heterocycles. The molecule has 15 heavy (non-hydrogen) atoms. The van der Waals surface area contributed by atoms with E-state index in [1.54, 1.807) is 19.2 Å². The molecular weight excluding hydrogens is 196 g/mol. The summed E-state index contributed by atoms with van der Waals surface area (Å²) in [7, 11) is 1.75. The zero-order chi connectivity index (χ0) is 10.8. The lowest BCUT2D eigenvalue weighted by atomic mass is 10.3. The Bertz CT molecular complexity index is 506. The van der Waals surface area contributed by atoms with Crippen molar-refractivity contribution >= 4 is 17.4 Å². The molecule has 6 heteroatoms. The van der Waals surface area contributed by atoms with Crippen molar-refractivity contribution in [2.75, 3.05) is 12.4 Å². The minimum atomic E-state index is -0.895. The van der Waals surface area contributed by atoms with Gasteiger partial charge in [-0.25, -0.2) is 9.50 Å². The predicted octanol–water partition coefficient (Wildman–Crippen LogP) is 0.398. The van der Waals surface area contributed by atoms with E-state index in [4.69, 9.17) is 5.11 Å². The zero-order valence-electron chi connectivity index (χ0n) is 8.14. The zero-order valence-corrected chi connectivity index (χ0v) is 8.14. The topological polar surface area (TPSA) is 79.5 Å². The Kier molecular flexibility index (Phi) is 2.24. The molecule has 0 spiro atoms. The number of carbonyl (C=O) groups is 1. The highest BCUT2D eigenvalue weighted by Crippen LogP contribution is 2.08. The van der Waals surface area contributed by atoms with Crippen molar-refractivity contribution in [2.45, 2.75) is 6.42 Å². The molecule has 0 radical (unpaired) electrons. The second-order valence-electron chi connectivity index (χ2n) is 3.06. The fourth-order valence-electron chi connectivity index (χ4n) is 1.33. The van der Waals surface area contributed by atoms with Crippen LogP contribution < -0.4 is 5.32 Å². The summed E-state index contributed by atoms with van der Waals surface area (Å²) in [4.78, 5) is 14.6. The Labute approximate surface area is 85.6 Å². The summed E-state index contributed by atoms with van der Waals surface area (Å²) in [5.41, 5.74) is 1.21. The monoisotopic (exact) mass is 206 g/mol. The van der Waals surface area contributed by atoms with Crippen LogP contribution >= 0.6 is 0 Å². The minimum absolute atomic E-state index is 0.0820. The van der Waals surface area contributed by atoms with Gasteiger partial charge in [-0.3, -0.25) is 4.79 Å². The van der Waals surface area contributed by atoms with Crippen LogP contribution in [0.5, 0.6) is 0 Å². The lowest BCUT2D eigenvalue weighted by molar-refractivity contribution is -0.136. The Morgan fingerprint density at radius 1 is 1.60 bits per heavy atom. The Balaban J connectivity index is 2.51. The summed E-state index contributed by atoms with van der Waals surface area (Å²) in [6.45, 7) is 0. The first kappa shape index (κ1) is 9.45. The van der Waals surface area contributed by atoms with Crippen LogP contribution in [0.3, 0.4) is 0 Å². The lowest BCUT2D eigenvalue weighted by Crippen LogP contribution is -2.06. The highest BCUT2D eigenvalue weighted by atomic mass is 16.4. The van der Waals surface area contributed by atoms with Crippen molar-refractivity contribution in [2.24, 2.45) is 0 Å². The molecule has 2 aromatic rings. The standard InChI is InChI=1S/C9H10N4O2/c1-10-7-2-3-8-11-5-6(4-9(14)15)13(8)12-7/h2-3,5H,4H2,1H3,(H,10,12)(H,14,15). The van der Waals surface area contributed by atoms with Gasteiger partial charge in [0, 0.05) is 7.05 Å². The molecule has 0 aromatic carbocycles. The van der Waals surface area contributed by atoms with Crippen LogP contribution in [0.25, 0.3) is 5.65 Å². The van der Waals surface area contributed by atoms with E-state index in [-0.39, 0.29) is 6.42 Å². The van der Waals surface area contributed by atoms with Crippen molar-refractivity contribution in [1.29, 1.82) is 0 Å². The van der Waals surface area contributed by atoms with Gasteiger partial charge in [0.1, 0.15) is 5.82 Å². The number of imidazole rings is 1. The van der Waals surface area contributed by atoms with E-state index < -0.39 is 5.97 Å². The molecule has 0 amide bonds. The van der Waals surface area contributed by atoms with Gasteiger partial charge in [0.05, 0.1) is 18.3 Å². The smallest absolute Gasteiger partial charge is 0.309 e. The Morgan fingerprint density at radius 2 is 2.40 bits per heavy atom. The number of carboxylic acids is 1. The van der Waals surface area contributed by atoms with Crippen LogP contribution in [0.15, 0.2) is 18.3 Å². The second-order valence-corrected chi connectivity index (χ2v) is 3.06. The van der Waals surface area contributed by atoms with E-state index in [0.29, 0.717) is 17.2 Å². The van der Waals surface area contributed by atoms with E-state index in [1.807, 2.05) is 0 Å². The van der Waals surface area contributed by atoms with Gasteiger partial charge in [0.2, 0.25) is 0 Å². The average molecular weight is 206 g/mol. The van der Waals surface area contributed by atoms with Crippen LogP contribution in [0, 0.1) is 0 Å². The molecule has 6 nitrogen and oxygen atoms in total. The molecule has 2 aromatic heterocycles. The van der Waals surface area contributed by atoms with E-state index in [0.717, 1.165) is 0 Å². The summed E-state index contributed by atoms with van der Waals surface area (Å²) in [6.07, 6.45) is 1.44. The molecule has 2 rings (SSSR count). The Hall–Kier alpha value is -2.11. The maximum absolute atomic E-state index is 10.6. The van der Waals surface area contributed by atoms with Crippen molar-refractivity contribution < 1.29 is 9.90 Å². The number of aliphatic carboxylic acids is 1. The van der Waals surface area contributed by atoms with Gasteiger partial charge in [-0.2, -0.15) is 0 Å². The number of aromatic nitrogens is 3. The van der Waals surface area contributed by atoms with Crippen molar-refractivity contribution in [3.8, 4) is 0 Å². The third kappa shape index (κ3) is 1.74. The summed E-state index contributed by atoms with van der Waals surface area (Å²) in [6, 6.07) is 3.57. The fourth-order valence-corrected chi connectivity index (χ4v) is 1.33. The van der Waals surface area contributed by atoms with Gasteiger partial charge in [-0.05, 0) is 12.1 Å². The highest BCUT2D eigenvalue weighted by Gasteiger charge is 2.08. The van der Waals surface area contributed by atoms with E-state index in [9.17, 15) is 4.79 Å². The van der Waals surface area contributed by atoms with Gasteiger partial charge in [-0.1, -0.05) is 0 Å². The molecule has 2 N–H and O–H groups in total. The molecule has 0 saturated carbocycles. The SMILES string of the molecule is CNc1ccc2ncc(CC(=O)O)n2n1. The molecule has 0 saturated heterocycles. The number of rotatable bonds is 3. The predicted molar refractivity (Wildman–Crippen MR) is 53.9 cm³/mol. The number of fused-ring (bicyclic) bond motifs is 1. The normalized spacial score (nSPS) is 10.5. The van der Waals surface area contributed by atoms with E-state index in [1.165, 1.54) is 10.7 Å². The van der Waals surface area contributed by atoms with Crippen molar-refractivity contribution in [3.63, 3.8) is 0 Å². The molecule has 2 heterocycles. The molecule has 0 unspecified atom stereocenters. The van der Waals surface area contributed by atoms with Gasteiger partial charge in [0.25, 0.3) is 0 Å². The van der Waals surface area contributed by atoms with Crippen LogP contribution in [-0.4, -0.2) is 32.7 Å². The van der Waals surface area contributed by atoms with Gasteiger partial charge in [-0.15, -0.1) is 5.10 Å². The lowest BCUT2D eigenvalue weighted by Gasteiger charge is -2.01. The minimum Gasteiger partial charge on any atom is -0.481 e. The first-order valence-electron chi connectivity index (χ1n) is 4.44. The summed E-state index contributed by atoms with van der Waals surface area (Å²) >= 11 is 0. The number of carboxylic acid groups (broad SMARTS) is 1. The third-order valence-corrected chi connectivity index (χ3v) is 2.02. The maximum atomic E-state index is 10.6. The number of nitrogens with zero attached hydrogens (tertiary/aromatic N) is 3. The number of hydrogen-bond donors (Lipinski definition) is 2. The Morgan fingerprint density at radius 3 is 3.07 bits per heavy atom. The van der Waals surface area contributed by atoms with E-state index >= 15 is 0 Å². The summed E-state index contributed by atoms with van der Waals surface area (Å²) in [5, 5.41) is 15.8. The van der Waals surface area contributed by atoms with Crippen molar-refractivity contribution in [3.05, 3.63) is 24.0 Å². The second kappa shape index (κ2) is 3.56. The first-order valence-corrected chi connectivity index (χ1v) is 4.44. The summed E-state index contributed by atoms with van der Waals surface area (Å²) in [5.74, 6) is -0.222. The van der Waals surface area contributed by atoms with Gasteiger partial charge >= 0.3 is 5.97 Å². The van der Waals surface area contributed by atoms with Crippen LogP contribution in [0.4, 0.5) is 5.82 Å². The third-order valence-electron chi connectivity index (χ3n) is 2.02. The average Bonchev–Trinajstić information content (AvgIpc) is 2.60.